The lowest BCUT2D eigenvalue weighted by Crippen LogP contribution is -2.75. The number of Topliss-reactive ketones (excluding diaryl/α,β-unsaturated/α-hetero) is 1. The number of thiophene rings is 1. The van der Waals surface area contributed by atoms with E-state index in [2.05, 4.69) is 0 Å². The number of hydrogen-bond acceptors (Lipinski definition) is 6. The van der Waals surface area contributed by atoms with Crippen molar-refractivity contribution < 1.29 is 24.3 Å². The van der Waals surface area contributed by atoms with Gasteiger partial charge in [-0.3, -0.25) is 24.1 Å². The van der Waals surface area contributed by atoms with E-state index in [1.807, 2.05) is 5.38 Å². The molecule has 2 saturated heterocycles. The number of carboxylic acids is 1. The number of benzene rings is 1. The molecule has 2 aliphatic heterocycles. The van der Waals surface area contributed by atoms with E-state index >= 15 is 0 Å². The summed E-state index contributed by atoms with van der Waals surface area (Å²) >= 11 is 2.60. The van der Waals surface area contributed by atoms with Gasteiger partial charge in [-0.15, -0.1) is 23.1 Å². The average molecular weight is 431 g/mol. The number of fused-ring (bicyclic) bond motifs is 1. The summed E-state index contributed by atoms with van der Waals surface area (Å²) < 4.78 is 0. The van der Waals surface area contributed by atoms with Gasteiger partial charge in [0.05, 0.1) is 5.00 Å². The Bertz CT molecular complexity index is 978. The fourth-order valence-electron chi connectivity index (χ4n) is 3.78. The Morgan fingerprint density at radius 1 is 1.17 bits per heavy atom. The molecule has 1 aromatic carbocycles. The maximum atomic E-state index is 13.1. The zero-order valence-corrected chi connectivity index (χ0v) is 17.1. The number of amides is 2. The molecule has 2 aromatic rings. The molecule has 1 aromatic heterocycles. The highest BCUT2D eigenvalue weighted by Gasteiger charge is 2.61. The molecule has 7 nitrogen and oxygen atoms in total. The summed E-state index contributed by atoms with van der Waals surface area (Å²) in [6.07, 6.45) is 0. The monoisotopic (exact) mass is 430 g/mol. The zero-order valence-electron chi connectivity index (χ0n) is 15.5. The molecule has 2 aliphatic rings. The van der Waals surface area contributed by atoms with Crippen LogP contribution in [-0.2, 0) is 14.4 Å². The minimum Gasteiger partial charge on any atom is -0.480 e. The summed E-state index contributed by atoms with van der Waals surface area (Å²) in [5, 5.41) is 12.0. The Labute approximate surface area is 175 Å². The highest BCUT2D eigenvalue weighted by molar-refractivity contribution is 8.00. The quantitative estimate of drug-likeness (QED) is 0.445. The Hall–Kier alpha value is -2.65. The number of rotatable bonds is 5. The van der Waals surface area contributed by atoms with Gasteiger partial charge in [0.1, 0.15) is 11.4 Å². The second-order valence-corrected chi connectivity index (χ2v) is 9.07. The number of carbonyl (C=O) groups is 4. The first-order valence-corrected chi connectivity index (χ1v) is 10.9. The van der Waals surface area contributed by atoms with Crippen LogP contribution in [0.5, 0.6) is 0 Å². The predicted octanol–water partition coefficient (Wildman–Crippen LogP) is 2.34. The lowest BCUT2D eigenvalue weighted by Gasteiger charge is -2.55. The maximum absolute atomic E-state index is 13.1. The van der Waals surface area contributed by atoms with Crippen LogP contribution in [0, 0.1) is 5.41 Å². The molecule has 1 N–H and O–H groups in total. The standard InChI is InChI=1S/C20H18N2O5S2/c1-12(23)22(14-8-5-9-28-14)15-17(25)21-10-20(19(26)27,11-29-18(15)21)16(24)13-6-3-2-4-7-13/h2-9,15,18H,10-11H2,1H3,(H,26,27)/t15?,18-,20?/m1/s1. The number of carboxylic acid groups (broad SMARTS) is 1. The molecule has 9 heteroatoms. The summed E-state index contributed by atoms with van der Waals surface area (Å²) in [5.74, 6) is -2.29. The van der Waals surface area contributed by atoms with E-state index in [0.29, 0.717) is 10.6 Å². The second kappa shape index (κ2) is 7.31. The van der Waals surface area contributed by atoms with Crippen LogP contribution in [0.1, 0.15) is 17.3 Å². The van der Waals surface area contributed by atoms with Crippen LogP contribution in [0.25, 0.3) is 0 Å². The first-order chi connectivity index (χ1) is 13.9. The smallest absolute Gasteiger partial charge is 0.320 e. The number of nitrogens with zero attached hydrogens (tertiary/aromatic N) is 2. The van der Waals surface area contributed by atoms with Gasteiger partial charge in [-0.05, 0) is 17.5 Å². The molecular weight excluding hydrogens is 412 g/mol. The number of anilines is 1. The fourth-order valence-corrected chi connectivity index (χ4v) is 6.17. The minimum absolute atomic E-state index is 0.0389. The fraction of sp³-hybridized carbons (Fsp3) is 0.300. The van der Waals surface area contributed by atoms with E-state index in [1.165, 1.54) is 39.8 Å². The maximum Gasteiger partial charge on any atom is 0.320 e. The van der Waals surface area contributed by atoms with E-state index in [1.54, 1.807) is 42.5 Å². The summed E-state index contributed by atoms with van der Waals surface area (Å²) in [7, 11) is 0. The van der Waals surface area contributed by atoms with Crippen LogP contribution in [0.4, 0.5) is 5.00 Å². The molecule has 150 valence electrons. The van der Waals surface area contributed by atoms with Crippen molar-refractivity contribution in [1.82, 2.24) is 4.90 Å². The SMILES string of the molecule is CC(=O)N(c1cccs1)C1C(=O)N2CC(C(=O)O)(C(=O)c3ccccc3)CS[C@H]12. The van der Waals surface area contributed by atoms with Gasteiger partial charge in [-0.2, -0.15) is 0 Å². The van der Waals surface area contributed by atoms with Crippen molar-refractivity contribution in [3.05, 3.63) is 53.4 Å². The molecule has 0 spiro atoms. The minimum atomic E-state index is -1.70. The highest BCUT2D eigenvalue weighted by atomic mass is 32.2. The lowest BCUT2D eigenvalue weighted by atomic mass is 9.80. The number of thioether (sulfide) groups is 1. The third kappa shape index (κ3) is 3.05. The van der Waals surface area contributed by atoms with Crippen LogP contribution in [-0.4, -0.2) is 57.3 Å². The average Bonchev–Trinajstić information content (AvgIpc) is 3.25. The second-order valence-electron chi connectivity index (χ2n) is 7.04. The number of β-lactam (4-membered cyclic amide) rings is 1. The van der Waals surface area contributed by atoms with Crippen LogP contribution in [0.3, 0.4) is 0 Å². The van der Waals surface area contributed by atoms with Crippen molar-refractivity contribution >= 4 is 51.7 Å². The highest BCUT2D eigenvalue weighted by Crippen LogP contribution is 2.46. The number of carbonyl (C=O) groups excluding carboxylic acids is 3. The van der Waals surface area contributed by atoms with Gasteiger partial charge < -0.3 is 10.0 Å². The first-order valence-electron chi connectivity index (χ1n) is 8.95. The Balaban J connectivity index is 1.61. The van der Waals surface area contributed by atoms with Crippen LogP contribution in [0.15, 0.2) is 47.8 Å². The first kappa shape index (κ1) is 19.7. The predicted molar refractivity (Wildman–Crippen MR) is 110 cm³/mol. The molecule has 29 heavy (non-hydrogen) atoms. The van der Waals surface area contributed by atoms with E-state index in [-0.39, 0.29) is 29.5 Å². The lowest BCUT2D eigenvalue weighted by molar-refractivity contribution is -0.154. The molecule has 0 radical (unpaired) electrons. The van der Waals surface area contributed by atoms with Gasteiger partial charge in [0, 0.05) is 24.8 Å². The number of ketones is 1. The Morgan fingerprint density at radius 2 is 1.90 bits per heavy atom. The topological polar surface area (TPSA) is 95.0 Å². The molecule has 0 aliphatic carbocycles. The third-order valence-electron chi connectivity index (χ3n) is 5.30. The van der Waals surface area contributed by atoms with Gasteiger partial charge in [-0.1, -0.05) is 30.3 Å². The van der Waals surface area contributed by atoms with Crippen molar-refractivity contribution in [2.45, 2.75) is 18.3 Å². The van der Waals surface area contributed by atoms with Crippen molar-refractivity contribution in [2.24, 2.45) is 5.41 Å². The van der Waals surface area contributed by atoms with Crippen molar-refractivity contribution in [3.63, 3.8) is 0 Å². The molecular formula is C20H18N2O5S2. The normalized spacial score (nSPS) is 25.7. The van der Waals surface area contributed by atoms with Gasteiger partial charge in [-0.25, -0.2) is 0 Å². The molecule has 2 fully saturated rings. The van der Waals surface area contributed by atoms with E-state index in [0.717, 1.165) is 0 Å². The summed E-state index contributed by atoms with van der Waals surface area (Å²) in [6.45, 7) is 1.21. The molecule has 2 unspecified atom stereocenters. The van der Waals surface area contributed by atoms with Gasteiger partial charge in [0.25, 0.3) is 0 Å². The Kier molecular flexibility index (Phi) is 4.95. The van der Waals surface area contributed by atoms with Crippen LogP contribution < -0.4 is 4.90 Å². The largest absolute Gasteiger partial charge is 0.480 e. The van der Waals surface area contributed by atoms with Crippen molar-refractivity contribution in [1.29, 1.82) is 0 Å². The molecule has 2 amide bonds. The zero-order chi connectivity index (χ0) is 20.8. The van der Waals surface area contributed by atoms with E-state index in [9.17, 15) is 24.3 Å². The number of hydrogen-bond donors (Lipinski definition) is 1. The molecule has 0 saturated carbocycles. The molecule has 3 atom stereocenters. The Morgan fingerprint density at radius 3 is 2.48 bits per heavy atom. The van der Waals surface area contributed by atoms with E-state index < -0.39 is 23.2 Å². The van der Waals surface area contributed by atoms with Crippen LogP contribution in [0.2, 0.25) is 0 Å². The van der Waals surface area contributed by atoms with Crippen molar-refractivity contribution in [2.75, 3.05) is 17.2 Å². The van der Waals surface area contributed by atoms with Gasteiger partial charge >= 0.3 is 5.97 Å². The number of aliphatic carboxylic acids is 1. The van der Waals surface area contributed by atoms with Crippen LogP contribution >= 0.6 is 23.1 Å². The molecule has 4 rings (SSSR count). The van der Waals surface area contributed by atoms with Gasteiger partial charge in [0.2, 0.25) is 11.8 Å². The summed E-state index contributed by atoms with van der Waals surface area (Å²) in [6, 6.07) is 11.2. The molecule has 3 heterocycles. The summed E-state index contributed by atoms with van der Waals surface area (Å²) in [4.78, 5) is 53.2. The van der Waals surface area contributed by atoms with E-state index in [4.69, 9.17) is 0 Å². The van der Waals surface area contributed by atoms with Gasteiger partial charge in [0.15, 0.2) is 11.2 Å². The van der Waals surface area contributed by atoms with Crippen molar-refractivity contribution in [3.8, 4) is 0 Å². The molecule has 0 bridgehead atoms. The summed E-state index contributed by atoms with van der Waals surface area (Å²) in [5.41, 5.74) is -1.39. The third-order valence-corrected chi connectivity index (χ3v) is 7.68.